The molecule has 0 bridgehead atoms. The van der Waals surface area contributed by atoms with E-state index in [4.69, 9.17) is 9.84 Å². The fourth-order valence-corrected chi connectivity index (χ4v) is 2.77. The van der Waals surface area contributed by atoms with Gasteiger partial charge in [-0.3, -0.25) is 4.79 Å². The number of rotatable bonds is 12. The highest BCUT2D eigenvalue weighted by Crippen LogP contribution is 2.27. The number of aliphatic hydroxyl groups excluding tert-OH is 1. The average molecular weight is 438 g/mol. The van der Waals surface area contributed by atoms with Crippen LogP contribution in [0, 0.1) is 0 Å². The van der Waals surface area contributed by atoms with Gasteiger partial charge in [-0.25, -0.2) is 8.42 Å². The van der Waals surface area contributed by atoms with Crippen molar-refractivity contribution in [2.75, 3.05) is 26.0 Å². The molecule has 8 heteroatoms. The van der Waals surface area contributed by atoms with Gasteiger partial charge in [-0.2, -0.15) is 0 Å². The van der Waals surface area contributed by atoms with Gasteiger partial charge in [0, 0.05) is 24.3 Å². The van der Waals surface area contributed by atoms with Crippen LogP contribution >= 0.6 is 0 Å². The van der Waals surface area contributed by atoms with Crippen LogP contribution in [0.3, 0.4) is 0 Å². The van der Waals surface area contributed by atoms with Gasteiger partial charge in [-0.1, -0.05) is 23.3 Å². The summed E-state index contributed by atoms with van der Waals surface area (Å²) in [5.74, 6) is -0.101. The highest BCUT2D eigenvalue weighted by molar-refractivity contribution is 7.93. The minimum Gasteiger partial charge on any atom is -0.504 e. The zero-order valence-corrected chi connectivity index (χ0v) is 18.5. The van der Waals surface area contributed by atoms with Gasteiger partial charge in [0.2, 0.25) is 5.91 Å². The van der Waals surface area contributed by atoms with Crippen molar-refractivity contribution in [3.8, 4) is 11.5 Å². The number of aliphatic hydroxyl groups is 1. The van der Waals surface area contributed by atoms with Gasteiger partial charge < -0.3 is 20.3 Å². The predicted molar refractivity (Wildman–Crippen MR) is 118 cm³/mol. The van der Waals surface area contributed by atoms with Gasteiger partial charge in [0.15, 0.2) is 21.3 Å². The quantitative estimate of drug-likeness (QED) is 0.342. The van der Waals surface area contributed by atoms with Crippen LogP contribution in [0.1, 0.15) is 32.3 Å². The van der Waals surface area contributed by atoms with Crippen LogP contribution in [-0.2, 0) is 21.1 Å². The lowest BCUT2D eigenvalue weighted by molar-refractivity contribution is -0.116. The number of hydrogen-bond donors (Lipinski definition) is 3. The number of phenols is 1. The smallest absolute Gasteiger partial charge is 0.244 e. The van der Waals surface area contributed by atoms with Crippen molar-refractivity contribution in [1.82, 2.24) is 5.32 Å². The molecule has 0 aliphatic heterocycles. The molecule has 1 aromatic carbocycles. The molecule has 0 aliphatic rings. The molecule has 0 saturated carbocycles. The van der Waals surface area contributed by atoms with Crippen molar-refractivity contribution in [2.45, 2.75) is 33.1 Å². The van der Waals surface area contributed by atoms with E-state index in [1.807, 2.05) is 26.0 Å². The Kier molecular flexibility index (Phi) is 10.9. The normalized spacial score (nSPS) is 12.9. The third kappa shape index (κ3) is 11.4. The van der Waals surface area contributed by atoms with E-state index in [1.165, 1.54) is 0 Å². The molecule has 0 spiro atoms. The summed E-state index contributed by atoms with van der Waals surface area (Å²) < 4.78 is 27.5. The molecule has 0 radical (unpaired) electrons. The second kappa shape index (κ2) is 12.9. The van der Waals surface area contributed by atoms with Crippen molar-refractivity contribution < 1.29 is 28.2 Å². The zero-order chi connectivity index (χ0) is 22.6. The molecule has 0 saturated heterocycles. The maximum absolute atomic E-state index is 11.5. The van der Waals surface area contributed by atoms with Gasteiger partial charge in [0.1, 0.15) is 6.61 Å². The van der Waals surface area contributed by atoms with Crippen molar-refractivity contribution in [3.05, 3.63) is 58.5 Å². The summed E-state index contributed by atoms with van der Waals surface area (Å²) in [5, 5.41) is 22.5. The summed E-state index contributed by atoms with van der Waals surface area (Å²) in [6, 6.07) is 5.05. The van der Waals surface area contributed by atoms with Crippen LogP contribution in [-0.4, -0.2) is 50.6 Å². The number of allylic oxidation sites excluding steroid dienone is 2. The number of sulfone groups is 1. The Morgan fingerprint density at radius 2 is 1.93 bits per heavy atom. The SMILES string of the molecule is CC(=CCCC(C)=CCOc1ccc(CCNC(=O)C=CS(C)(=O)=O)cc1O)CO. The molecule has 0 unspecified atom stereocenters. The second-order valence-electron chi connectivity index (χ2n) is 7.08. The molecular weight excluding hydrogens is 406 g/mol. The lowest BCUT2D eigenvalue weighted by Gasteiger charge is -2.09. The molecule has 0 aromatic heterocycles. The molecule has 0 aliphatic carbocycles. The highest BCUT2D eigenvalue weighted by atomic mass is 32.2. The zero-order valence-electron chi connectivity index (χ0n) is 17.7. The number of benzene rings is 1. The van der Waals surface area contributed by atoms with E-state index in [9.17, 15) is 18.3 Å². The average Bonchev–Trinajstić information content (AvgIpc) is 2.67. The van der Waals surface area contributed by atoms with Crippen LogP contribution < -0.4 is 10.1 Å². The number of aromatic hydroxyl groups is 1. The lowest BCUT2D eigenvalue weighted by atomic mass is 10.1. The molecule has 30 heavy (non-hydrogen) atoms. The first-order chi connectivity index (χ1) is 14.1. The van der Waals surface area contributed by atoms with Crippen molar-refractivity contribution >= 4 is 15.7 Å². The van der Waals surface area contributed by atoms with E-state index in [0.717, 1.165) is 47.3 Å². The summed E-state index contributed by atoms with van der Waals surface area (Å²) in [5.41, 5.74) is 2.92. The van der Waals surface area contributed by atoms with E-state index >= 15 is 0 Å². The Hall–Kier alpha value is -2.58. The first-order valence-electron chi connectivity index (χ1n) is 9.63. The predicted octanol–water partition coefficient (Wildman–Crippen LogP) is 2.65. The minimum absolute atomic E-state index is 0.0170. The minimum atomic E-state index is -3.33. The third-order valence-corrected chi connectivity index (χ3v) is 4.78. The largest absolute Gasteiger partial charge is 0.504 e. The number of carbonyl (C=O) groups excluding carboxylic acids is 1. The number of carbonyl (C=O) groups is 1. The summed E-state index contributed by atoms with van der Waals surface area (Å²) in [6.07, 6.45) is 8.15. The second-order valence-corrected chi connectivity index (χ2v) is 9.02. The molecule has 0 fully saturated rings. The molecule has 166 valence electrons. The summed E-state index contributed by atoms with van der Waals surface area (Å²) in [7, 11) is -3.33. The van der Waals surface area contributed by atoms with Crippen LogP contribution in [0.2, 0.25) is 0 Å². The lowest BCUT2D eigenvalue weighted by Crippen LogP contribution is -2.23. The molecule has 1 rings (SSSR count). The fourth-order valence-electron chi connectivity index (χ4n) is 2.40. The van der Waals surface area contributed by atoms with Crippen LogP contribution in [0.5, 0.6) is 11.5 Å². The highest BCUT2D eigenvalue weighted by Gasteiger charge is 2.05. The number of amides is 1. The van der Waals surface area contributed by atoms with E-state index < -0.39 is 15.7 Å². The monoisotopic (exact) mass is 437 g/mol. The van der Waals surface area contributed by atoms with Gasteiger partial charge >= 0.3 is 0 Å². The molecule has 0 heterocycles. The standard InChI is InChI=1S/C22H31NO6S/c1-17(5-4-6-18(2)16-24)10-13-29-21-8-7-19(15-20(21)25)9-12-23-22(26)11-14-30(3,27)28/h6-8,10-11,14-15,24-25H,4-5,9,12-13,16H2,1-3H3,(H,23,26). The topological polar surface area (TPSA) is 113 Å². The van der Waals surface area contributed by atoms with Gasteiger partial charge in [0.05, 0.1) is 6.61 Å². The van der Waals surface area contributed by atoms with Crippen LogP contribution in [0.25, 0.3) is 0 Å². The van der Waals surface area contributed by atoms with Crippen LogP contribution in [0.4, 0.5) is 0 Å². The number of nitrogens with one attached hydrogen (secondary N) is 1. The first kappa shape index (κ1) is 25.5. The number of hydrogen-bond acceptors (Lipinski definition) is 6. The maximum Gasteiger partial charge on any atom is 0.244 e. The van der Waals surface area contributed by atoms with Crippen LogP contribution in [0.15, 0.2) is 53.0 Å². The molecular formula is C22H31NO6S. The molecule has 1 aromatic rings. The van der Waals surface area contributed by atoms with Crippen molar-refractivity contribution in [2.24, 2.45) is 0 Å². The van der Waals surface area contributed by atoms with Gasteiger partial charge in [-0.05, 0) is 56.9 Å². The third-order valence-electron chi connectivity index (χ3n) is 4.15. The molecule has 7 nitrogen and oxygen atoms in total. The van der Waals surface area contributed by atoms with Gasteiger partial charge in [-0.15, -0.1) is 0 Å². The number of phenolic OH excluding ortho intramolecular Hbond substituents is 1. The number of ether oxygens (including phenoxy) is 1. The Bertz CT molecular complexity index is 900. The Morgan fingerprint density at radius 1 is 1.20 bits per heavy atom. The van der Waals surface area contributed by atoms with E-state index in [1.54, 1.807) is 18.2 Å². The Balaban J connectivity index is 2.45. The fraction of sp³-hybridized carbons (Fsp3) is 0.409. The molecule has 0 atom stereocenters. The summed E-state index contributed by atoms with van der Waals surface area (Å²) in [4.78, 5) is 11.5. The summed E-state index contributed by atoms with van der Waals surface area (Å²) >= 11 is 0. The maximum atomic E-state index is 11.5. The Morgan fingerprint density at radius 3 is 2.57 bits per heavy atom. The molecule has 3 N–H and O–H groups in total. The van der Waals surface area contributed by atoms with Crippen molar-refractivity contribution in [3.63, 3.8) is 0 Å². The van der Waals surface area contributed by atoms with E-state index in [-0.39, 0.29) is 12.4 Å². The van der Waals surface area contributed by atoms with Gasteiger partial charge in [0.25, 0.3) is 0 Å². The first-order valence-corrected chi connectivity index (χ1v) is 11.6. The van der Waals surface area contributed by atoms with Crippen molar-refractivity contribution in [1.29, 1.82) is 0 Å². The Labute approximate surface area is 178 Å². The van der Waals surface area contributed by atoms with E-state index in [0.29, 0.717) is 25.3 Å². The van der Waals surface area contributed by atoms with E-state index in [2.05, 4.69) is 5.32 Å². The summed E-state index contributed by atoms with van der Waals surface area (Å²) in [6.45, 7) is 4.61. The molecule has 1 amide bonds.